The molecular formula is C15H26N4O. The van der Waals surface area contributed by atoms with Gasteiger partial charge in [0.15, 0.2) is 0 Å². The van der Waals surface area contributed by atoms with Crippen LogP contribution in [0.3, 0.4) is 0 Å². The van der Waals surface area contributed by atoms with Crippen molar-refractivity contribution in [3.8, 4) is 0 Å². The maximum Gasteiger partial charge on any atom is 0.138 e. The van der Waals surface area contributed by atoms with E-state index >= 15 is 0 Å². The van der Waals surface area contributed by atoms with E-state index in [0.29, 0.717) is 5.82 Å². The summed E-state index contributed by atoms with van der Waals surface area (Å²) in [5.41, 5.74) is 5.73. The zero-order valence-corrected chi connectivity index (χ0v) is 12.8. The smallest absolute Gasteiger partial charge is 0.138 e. The molecule has 20 heavy (non-hydrogen) atoms. The van der Waals surface area contributed by atoms with E-state index < -0.39 is 0 Å². The van der Waals surface area contributed by atoms with Crippen molar-refractivity contribution < 1.29 is 4.74 Å². The van der Waals surface area contributed by atoms with Crippen LogP contribution in [0.1, 0.15) is 45.9 Å². The van der Waals surface area contributed by atoms with Crippen LogP contribution < -0.4 is 11.1 Å². The molecule has 0 aliphatic heterocycles. The molecule has 1 aromatic rings. The van der Waals surface area contributed by atoms with Crippen LogP contribution in [0.15, 0.2) is 6.07 Å². The van der Waals surface area contributed by atoms with Crippen molar-refractivity contribution in [2.45, 2.75) is 45.4 Å². The van der Waals surface area contributed by atoms with Gasteiger partial charge in [0, 0.05) is 31.2 Å². The van der Waals surface area contributed by atoms with Crippen LogP contribution in [-0.2, 0) is 10.2 Å². The average Bonchev–Trinajstić information content (AvgIpc) is 3.16. The first-order chi connectivity index (χ1) is 9.45. The van der Waals surface area contributed by atoms with E-state index in [0.717, 1.165) is 43.7 Å². The zero-order chi connectivity index (χ0) is 14.6. The minimum atomic E-state index is -0.0980. The van der Waals surface area contributed by atoms with Crippen molar-refractivity contribution >= 4 is 11.6 Å². The van der Waals surface area contributed by atoms with Crippen molar-refractivity contribution in [1.82, 2.24) is 9.97 Å². The summed E-state index contributed by atoms with van der Waals surface area (Å²) in [7, 11) is 0. The molecule has 2 rings (SSSR count). The van der Waals surface area contributed by atoms with Gasteiger partial charge in [0.1, 0.15) is 17.5 Å². The van der Waals surface area contributed by atoms with Gasteiger partial charge in [-0.3, -0.25) is 0 Å². The lowest BCUT2D eigenvalue weighted by molar-refractivity contribution is 0.124. The second-order valence-electron chi connectivity index (χ2n) is 6.55. The van der Waals surface area contributed by atoms with Crippen molar-refractivity contribution in [1.29, 1.82) is 0 Å². The summed E-state index contributed by atoms with van der Waals surface area (Å²) in [6, 6.07) is 1.78. The Labute approximate surface area is 121 Å². The van der Waals surface area contributed by atoms with Crippen molar-refractivity contribution in [2.75, 3.05) is 30.8 Å². The molecule has 1 saturated carbocycles. The van der Waals surface area contributed by atoms with Gasteiger partial charge in [0.05, 0.1) is 0 Å². The SMILES string of the molecule is CC(C)(C)c1nc(N)cc(NCCCOCC2CC2)n1. The standard InChI is InChI=1S/C15H26N4O/c1-15(2,3)14-18-12(16)9-13(19-14)17-7-4-8-20-10-11-5-6-11/h9,11H,4-8,10H2,1-3H3,(H3,16,17,18,19). The number of nitrogens with one attached hydrogen (secondary N) is 1. The Morgan fingerprint density at radius 3 is 2.75 bits per heavy atom. The van der Waals surface area contributed by atoms with Gasteiger partial charge >= 0.3 is 0 Å². The molecule has 0 atom stereocenters. The van der Waals surface area contributed by atoms with Crippen molar-refractivity contribution in [3.05, 3.63) is 11.9 Å². The Balaban J connectivity index is 1.75. The molecule has 0 amide bonds. The molecule has 5 nitrogen and oxygen atoms in total. The van der Waals surface area contributed by atoms with E-state index in [1.54, 1.807) is 6.07 Å². The topological polar surface area (TPSA) is 73.1 Å². The van der Waals surface area contributed by atoms with Gasteiger partial charge in [-0.15, -0.1) is 0 Å². The number of anilines is 2. The predicted molar refractivity (Wildman–Crippen MR) is 81.8 cm³/mol. The highest BCUT2D eigenvalue weighted by molar-refractivity contribution is 5.45. The van der Waals surface area contributed by atoms with Crippen LogP contribution in [-0.4, -0.2) is 29.7 Å². The monoisotopic (exact) mass is 278 g/mol. The van der Waals surface area contributed by atoms with Gasteiger partial charge in [-0.05, 0) is 25.2 Å². The molecule has 3 N–H and O–H groups in total. The number of nitrogens with zero attached hydrogens (tertiary/aromatic N) is 2. The largest absolute Gasteiger partial charge is 0.384 e. The van der Waals surface area contributed by atoms with Crippen molar-refractivity contribution in [2.24, 2.45) is 5.92 Å². The number of nitrogen functional groups attached to an aromatic ring is 1. The first-order valence-electron chi connectivity index (χ1n) is 7.42. The summed E-state index contributed by atoms with van der Waals surface area (Å²) in [5.74, 6) is 2.91. The lowest BCUT2D eigenvalue weighted by Gasteiger charge is -2.18. The minimum Gasteiger partial charge on any atom is -0.384 e. The third kappa shape index (κ3) is 4.96. The fourth-order valence-electron chi connectivity index (χ4n) is 1.82. The summed E-state index contributed by atoms with van der Waals surface area (Å²) in [6.07, 6.45) is 3.66. The van der Waals surface area contributed by atoms with Crippen LogP contribution >= 0.6 is 0 Å². The molecule has 0 aromatic carbocycles. The summed E-state index contributed by atoms with van der Waals surface area (Å²) in [6.45, 7) is 8.81. The van der Waals surface area contributed by atoms with E-state index in [9.17, 15) is 0 Å². The van der Waals surface area contributed by atoms with E-state index in [4.69, 9.17) is 10.5 Å². The van der Waals surface area contributed by atoms with Gasteiger partial charge in [-0.2, -0.15) is 0 Å². The highest BCUT2D eigenvalue weighted by Crippen LogP contribution is 2.28. The van der Waals surface area contributed by atoms with Crippen LogP contribution in [0.25, 0.3) is 0 Å². The van der Waals surface area contributed by atoms with Crippen LogP contribution in [0, 0.1) is 5.92 Å². The highest BCUT2D eigenvalue weighted by Gasteiger charge is 2.21. The van der Waals surface area contributed by atoms with Gasteiger partial charge < -0.3 is 15.8 Å². The molecular weight excluding hydrogens is 252 g/mol. The molecule has 1 aliphatic carbocycles. The maximum atomic E-state index is 5.83. The molecule has 5 heteroatoms. The molecule has 0 bridgehead atoms. The predicted octanol–water partition coefficient (Wildman–Crippen LogP) is 2.58. The minimum absolute atomic E-state index is 0.0980. The number of rotatable bonds is 7. The first kappa shape index (κ1) is 15.0. The second-order valence-corrected chi connectivity index (χ2v) is 6.55. The van der Waals surface area contributed by atoms with Gasteiger partial charge in [-0.1, -0.05) is 20.8 Å². The number of nitrogens with two attached hydrogens (primary N) is 1. The Bertz CT molecular complexity index is 438. The molecule has 112 valence electrons. The number of aromatic nitrogens is 2. The highest BCUT2D eigenvalue weighted by atomic mass is 16.5. The lowest BCUT2D eigenvalue weighted by atomic mass is 9.96. The molecule has 1 aliphatic rings. The van der Waals surface area contributed by atoms with E-state index in [1.807, 2.05) is 0 Å². The summed E-state index contributed by atoms with van der Waals surface area (Å²) < 4.78 is 5.60. The molecule has 0 radical (unpaired) electrons. The van der Waals surface area contributed by atoms with Crippen LogP contribution in [0.2, 0.25) is 0 Å². The lowest BCUT2D eigenvalue weighted by Crippen LogP contribution is -2.18. The first-order valence-corrected chi connectivity index (χ1v) is 7.42. The summed E-state index contributed by atoms with van der Waals surface area (Å²) in [4.78, 5) is 8.81. The van der Waals surface area contributed by atoms with Crippen LogP contribution in [0.5, 0.6) is 0 Å². The molecule has 0 unspecified atom stereocenters. The fraction of sp³-hybridized carbons (Fsp3) is 0.733. The fourth-order valence-corrected chi connectivity index (χ4v) is 1.82. The van der Waals surface area contributed by atoms with Crippen molar-refractivity contribution in [3.63, 3.8) is 0 Å². The normalized spacial score (nSPS) is 15.3. The molecule has 0 spiro atoms. The van der Waals surface area contributed by atoms with Crippen LogP contribution in [0.4, 0.5) is 11.6 Å². The molecule has 1 fully saturated rings. The third-order valence-corrected chi connectivity index (χ3v) is 3.24. The second kappa shape index (κ2) is 6.39. The quantitative estimate of drug-likeness (QED) is 0.750. The molecule has 0 saturated heterocycles. The Morgan fingerprint density at radius 1 is 1.35 bits per heavy atom. The third-order valence-electron chi connectivity index (χ3n) is 3.24. The van der Waals surface area contributed by atoms with Gasteiger partial charge in [-0.25, -0.2) is 9.97 Å². The van der Waals surface area contributed by atoms with E-state index in [1.165, 1.54) is 12.8 Å². The zero-order valence-electron chi connectivity index (χ0n) is 12.8. The molecule has 1 heterocycles. The summed E-state index contributed by atoms with van der Waals surface area (Å²) >= 11 is 0. The Kier molecular flexibility index (Phi) is 4.81. The van der Waals surface area contributed by atoms with E-state index in [2.05, 4.69) is 36.1 Å². The Hall–Kier alpha value is -1.36. The number of ether oxygens (including phenoxy) is 1. The maximum absolute atomic E-state index is 5.83. The van der Waals surface area contributed by atoms with E-state index in [-0.39, 0.29) is 5.41 Å². The number of hydrogen-bond donors (Lipinski definition) is 2. The summed E-state index contributed by atoms with van der Waals surface area (Å²) in [5, 5.41) is 3.29. The van der Waals surface area contributed by atoms with Gasteiger partial charge in [0.25, 0.3) is 0 Å². The number of hydrogen-bond acceptors (Lipinski definition) is 5. The average molecular weight is 278 g/mol. The van der Waals surface area contributed by atoms with Gasteiger partial charge in [0.2, 0.25) is 0 Å². The molecule has 1 aromatic heterocycles. The Morgan fingerprint density at radius 2 is 2.10 bits per heavy atom.